The van der Waals surface area contributed by atoms with Gasteiger partial charge in [-0.05, 0) is 92.7 Å². The van der Waals surface area contributed by atoms with Crippen LogP contribution in [0.5, 0.6) is 0 Å². The van der Waals surface area contributed by atoms with E-state index >= 15 is 0 Å². The maximum Gasteiger partial charge on any atom is 0.141 e. The second-order valence-electron chi connectivity index (χ2n) is 9.83. The van der Waals surface area contributed by atoms with Crippen LogP contribution in [0.3, 0.4) is 0 Å². The van der Waals surface area contributed by atoms with Gasteiger partial charge in [-0.2, -0.15) is 5.26 Å². The molecule has 0 N–H and O–H groups in total. The number of halogens is 1. The molecule has 3 rings (SSSR count). The average Bonchev–Trinajstić information content (AvgIpc) is 2.78. The van der Waals surface area contributed by atoms with Crippen molar-refractivity contribution in [1.82, 2.24) is 0 Å². The van der Waals surface area contributed by atoms with E-state index in [1.165, 1.54) is 77.0 Å². The maximum atomic E-state index is 13.9. The summed E-state index contributed by atoms with van der Waals surface area (Å²) in [6.45, 7) is 2.29. The molecule has 2 aliphatic rings. The van der Waals surface area contributed by atoms with Gasteiger partial charge in [0, 0.05) is 0 Å². The minimum Gasteiger partial charge on any atom is -0.206 e. The molecule has 30 heavy (non-hydrogen) atoms. The van der Waals surface area contributed by atoms with Gasteiger partial charge in [0.25, 0.3) is 0 Å². The number of benzene rings is 1. The van der Waals surface area contributed by atoms with Gasteiger partial charge in [-0.15, -0.1) is 0 Å². The quantitative estimate of drug-likeness (QED) is 0.295. The summed E-state index contributed by atoms with van der Waals surface area (Å²) in [5, 5.41) is 8.90. The van der Waals surface area contributed by atoms with Gasteiger partial charge in [0.15, 0.2) is 0 Å². The van der Waals surface area contributed by atoms with E-state index in [1.807, 2.05) is 12.1 Å². The van der Waals surface area contributed by atoms with Gasteiger partial charge < -0.3 is 0 Å². The summed E-state index contributed by atoms with van der Waals surface area (Å²) in [6.07, 6.45) is 23.8. The molecule has 0 amide bonds. The first-order valence-corrected chi connectivity index (χ1v) is 12.6. The van der Waals surface area contributed by atoms with E-state index in [9.17, 15) is 4.39 Å². The van der Waals surface area contributed by atoms with Crippen LogP contribution in [0, 0.1) is 34.9 Å². The highest BCUT2D eigenvalue weighted by Crippen LogP contribution is 2.38. The lowest BCUT2D eigenvalue weighted by Crippen LogP contribution is -2.15. The van der Waals surface area contributed by atoms with Crippen LogP contribution in [-0.4, -0.2) is 0 Å². The Bertz CT molecular complexity index is 700. The summed E-state index contributed by atoms with van der Waals surface area (Å²) in [5.41, 5.74) is 1.23. The van der Waals surface area contributed by atoms with Crippen molar-refractivity contribution < 1.29 is 4.39 Å². The lowest BCUT2D eigenvalue weighted by atomic mass is 9.76. The highest BCUT2D eigenvalue weighted by atomic mass is 19.1. The maximum absolute atomic E-state index is 13.9. The Labute approximate surface area is 183 Å². The average molecular weight is 410 g/mol. The zero-order valence-corrected chi connectivity index (χ0v) is 18.9. The SMILES string of the molecule is CCCCCCCC1CCC(/C=C/C2CCC(c3ccc(C#N)c(F)c3)CC2)CC1. The van der Waals surface area contributed by atoms with Crippen molar-refractivity contribution in [2.75, 3.05) is 0 Å². The summed E-state index contributed by atoms with van der Waals surface area (Å²) >= 11 is 0. The van der Waals surface area contributed by atoms with E-state index in [0.29, 0.717) is 11.8 Å². The van der Waals surface area contributed by atoms with E-state index in [-0.39, 0.29) is 11.4 Å². The smallest absolute Gasteiger partial charge is 0.141 e. The number of unbranched alkanes of at least 4 members (excludes halogenated alkanes) is 4. The van der Waals surface area contributed by atoms with Crippen molar-refractivity contribution in [3.63, 3.8) is 0 Å². The van der Waals surface area contributed by atoms with Crippen molar-refractivity contribution in [2.45, 2.75) is 103 Å². The number of hydrogen-bond acceptors (Lipinski definition) is 1. The highest BCUT2D eigenvalue weighted by molar-refractivity contribution is 5.35. The standard InChI is InChI=1S/C28H40FN/c1-2-3-4-5-6-7-22-8-10-23(11-9-22)12-13-24-14-16-25(17-15-24)26-18-19-27(21-30)28(29)20-26/h12-13,18-20,22-25H,2-11,14-17H2,1H3/b13-12+. The minimum atomic E-state index is -0.367. The van der Waals surface area contributed by atoms with E-state index < -0.39 is 0 Å². The number of nitriles is 1. The molecule has 2 aliphatic carbocycles. The summed E-state index contributed by atoms with van der Waals surface area (Å²) in [4.78, 5) is 0. The second-order valence-corrected chi connectivity index (χ2v) is 9.83. The third-order valence-electron chi connectivity index (χ3n) is 7.62. The van der Waals surface area contributed by atoms with Gasteiger partial charge in [0.05, 0.1) is 5.56 Å². The zero-order valence-electron chi connectivity index (χ0n) is 18.9. The van der Waals surface area contributed by atoms with Crippen LogP contribution in [0.1, 0.15) is 114 Å². The Balaban J connectivity index is 1.34. The van der Waals surface area contributed by atoms with Crippen LogP contribution in [0.15, 0.2) is 30.4 Å². The van der Waals surface area contributed by atoms with Crippen molar-refractivity contribution in [3.05, 3.63) is 47.3 Å². The normalized spacial score (nSPS) is 27.2. The van der Waals surface area contributed by atoms with Gasteiger partial charge in [-0.1, -0.05) is 63.7 Å². The molecule has 1 nitrogen and oxygen atoms in total. The Morgan fingerprint density at radius 3 is 2.13 bits per heavy atom. The number of nitrogens with zero attached hydrogens (tertiary/aromatic N) is 1. The second kappa shape index (κ2) is 12.3. The van der Waals surface area contributed by atoms with Crippen molar-refractivity contribution in [1.29, 1.82) is 5.26 Å². The molecule has 0 saturated heterocycles. The van der Waals surface area contributed by atoms with Crippen LogP contribution >= 0.6 is 0 Å². The molecule has 0 atom stereocenters. The molecule has 0 aliphatic heterocycles. The molecule has 0 aromatic heterocycles. The fourth-order valence-electron chi connectivity index (χ4n) is 5.54. The van der Waals surface area contributed by atoms with Crippen LogP contribution in [-0.2, 0) is 0 Å². The molecule has 0 heterocycles. The first-order valence-electron chi connectivity index (χ1n) is 12.6. The molecular formula is C28H40FN. The van der Waals surface area contributed by atoms with E-state index in [0.717, 1.165) is 30.2 Å². The van der Waals surface area contributed by atoms with Crippen molar-refractivity contribution in [3.8, 4) is 6.07 Å². The summed E-state index contributed by atoms with van der Waals surface area (Å²) in [5.74, 6) is 2.56. The van der Waals surface area contributed by atoms with Crippen LogP contribution in [0.4, 0.5) is 4.39 Å². The van der Waals surface area contributed by atoms with Crippen molar-refractivity contribution in [2.24, 2.45) is 17.8 Å². The Morgan fingerprint density at radius 2 is 1.53 bits per heavy atom. The Hall–Kier alpha value is -1.62. The molecular weight excluding hydrogens is 369 g/mol. The molecule has 0 radical (unpaired) electrons. The molecule has 1 aromatic rings. The third-order valence-corrected chi connectivity index (χ3v) is 7.62. The molecule has 2 fully saturated rings. The van der Waals surface area contributed by atoms with Gasteiger partial charge in [0.1, 0.15) is 11.9 Å². The first kappa shape index (κ1) is 23.1. The molecule has 0 bridgehead atoms. The molecule has 164 valence electrons. The van der Waals surface area contributed by atoms with Crippen molar-refractivity contribution >= 4 is 0 Å². The number of rotatable bonds is 9. The molecule has 0 spiro atoms. The van der Waals surface area contributed by atoms with E-state index in [2.05, 4.69) is 19.1 Å². The largest absolute Gasteiger partial charge is 0.206 e. The molecule has 2 heteroatoms. The predicted molar refractivity (Wildman–Crippen MR) is 124 cm³/mol. The lowest BCUT2D eigenvalue weighted by molar-refractivity contribution is 0.287. The topological polar surface area (TPSA) is 23.8 Å². The van der Waals surface area contributed by atoms with E-state index in [4.69, 9.17) is 5.26 Å². The van der Waals surface area contributed by atoms with Gasteiger partial charge in [-0.25, -0.2) is 4.39 Å². The van der Waals surface area contributed by atoms with Gasteiger partial charge in [0.2, 0.25) is 0 Å². The zero-order chi connectivity index (χ0) is 21.2. The fraction of sp³-hybridized carbons (Fsp3) is 0.679. The van der Waals surface area contributed by atoms with Gasteiger partial charge >= 0.3 is 0 Å². The molecule has 1 aromatic carbocycles. The summed E-state index contributed by atoms with van der Waals surface area (Å²) in [6, 6.07) is 7.09. The molecule has 2 saturated carbocycles. The van der Waals surface area contributed by atoms with Crippen LogP contribution in [0.2, 0.25) is 0 Å². The Morgan fingerprint density at radius 1 is 0.900 bits per heavy atom. The van der Waals surface area contributed by atoms with Gasteiger partial charge in [-0.3, -0.25) is 0 Å². The van der Waals surface area contributed by atoms with Crippen LogP contribution in [0.25, 0.3) is 0 Å². The first-order chi connectivity index (χ1) is 14.7. The molecule has 0 unspecified atom stereocenters. The van der Waals surface area contributed by atoms with E-state index in [1.54, 1.807) is 12.1 Å². The Kier molecular flexibility index (Phi) is 9.44. The van der Waals surface area contributed by atoms with Crippen LogP contribution < -0.4 is 0 Å². The number of hydrogen-bond donors (Lipinski definition) is 0. The lowest BCUT2D eigenvalue weighted by Gasteiger charge is -2.29. The summed E-state index contributed by atoms with van der Waals surface area (Å²) in [7, 11) is 0. The monoisotopic (exact) mass is 409 g/mol. The fourth-order valence-corrected chi connectivity index (χ4v) is 5.54. The predicted octanol–water partition coefficient (Wildman–Crippen LogP) is 8.69. The summed E-state index contributed by atoms with van der Waals surface area (Å²) < 4.78 is 13.9. The third kappa shape index (κ3) is 6.97. The minimum absolute atomic E-state index is 0.154. The highest BCUT2D eigenvalue weighted by Gasteiger charge is 2.23. The number of allylic oxidation sites excluding steroid dienone is 2.